The van der Waals surface area contributed by atoms with E-state index in [1.807, 2.05) is 29.2 Å². The summed E-state index contributed by atoms with van der Waals surface area (Å²) in [6.45, 7) is -0.608. The van der Waals surface area contributed by atoms with E-state index in [1.54, 1.807) is 5.38 Å². The van der Waals surface area contributed by atoms with E-state index in [0.717, 1.165) is 16.2 Å². The maximum Gasteiger partial charge on any atom is 0.345 e. The highest BCUT2D eigenvalue weighted by molar-refractivity contribution is 9.10. The number of aromatic nitrogens is 3. The van der Waals surface area contributed by atoms with Crippen LogP contribution in [0.5, 0.6) is 0 Å². The van der Waals surface area contributed by atoms with E-state index in [2.05, 4.69) is 31.2 Å². The molecule has 11 heteroatoms. The summed E-state index contributed by atoms with van der Waals surface area (Å²) in [5, 5.41) is 4.63. The van der Waals surface area contributed by atoms with Crippen molar-refractivity contribution in [3.8, 4) is 11.3 Å². The average Bonchev–Trinajstić information content (AvgIpc) is 3.08. The number of hydrogen-bond acceptors (Lipinski definition) is 7. The minimum atomic E-state index is -1.03. The molecule has 0 fully saturated rings. The van der Waals surface area contributed by atoms with Crippen LogP contribution in [0, 0.1) is 0 Å². The van der Waals surface area contributed by atoms with Crippen LogP contribution in [0.1, 0.15) is 10.4 Å². The van der Waals surface area contributed by atoms with Crippen LogP contribution in [-0.4, -0.2) is 33.4 Å². The van der Waals surface area contributed by atoms with Gasteiger partial charge >= 0.3 is 11.7 Å². The second-order valence-electron chi connectivity index (χ2n) is 5.16. The molecule has 9 nitrogen and oxygen atoms in total. The summed E-state index contributed by atoms with van der Waals surface area (Å²) in [4.78, 5) is 54.5. The Balaban J connectivity index is 1.59. The predicted octanol–water partition coefficient (Wildman–Crippen LogP) is 1.74. The number of ether oxygens (including phenoxy) is 1. The Bertz CT molecular complexity index is 1120. The maximum absolute atomic E-state index is 11.9. The molecule has 0 radical (unpaired) electrons. The first-order valence-electron chi connectivity index (χ1n) is 7.43. The molecule has 0 saturated heterocycles. The third-order valence-electron chi connectivity index (χ3n) is 3.24. The van der Waals surface area contributed by atoms with Gasteiger partial charge in [-0.2, -0.15) is 0 Å². The van der Waals surface area contributed by atoms with Gasteiger partial charge in [0, 0.05) is 21.6 Å². The number of thiazole rings is 1. The molecule has 0 bridgehead atoms. The Morgan fingerprint density at radius 2 is 2.11 bits per heavy atom. The van der Waals surface area contributed by atoms with Gasteiger partial charge in [0.1, 0.15) is 5.56 Å². The van der Waals surface area contributed by atoms with Gasteiger partial charge in [0.2, 0.25) is 0 Å². The number of rotatable bonds is 5. The van der Waals surface area contributed by atoms with Crippen LogP contribution >= 0.6 is 27.3 Å². The monoisotopic (exact) mass is 450 g/mol. The Morgan fingerprint density at radius 1 is 1.30 bits per heavy atom. The summed E-state index contributed by atoms with van der Waals surface area (Å²) in [5.74, 6) is -1.64. The number of anilines is 1. The van der Waals surface area contributed by atoms with E-state index in [0.29, 0.717) is 10.8 Å². The molecule has 0 aliphatic rings. The molecule has 0 aliphatic carbocycles. The highest BCUT2D eigenvalue weighted by atomic mass is 79.9. The average molecular weight is 451 g/mol. The molecular weight excluding hydrogens is 440 g/mol. The zero-order chi connectivity index (χ0) is 19.4. The minimum Gasteiger partial charge on any atom is -0.452 e. The molecule has 3 rings (SSSR count). The number of carbonyl (C=O) groups excluding carboxylic acids is 2. The molecular formula is C16H11BrN4O5S. The first-order valence-corrected chi connectivity index (χ1v) is 9.10. The van der Waals surface area contributed by atoms with E-state index in [-0.39, 0.29) is 0 Å². The lowest BCUT2D eigenvalue weighted by molar-refractivity contribution is -0.119. The number of carbonyl (C=O) groups is 2. The number of halogens is 1. The lowest BCUT2D eigenvalue weighted by atomic mass is 10.2. The van der Waals surface area contributed by atoms with Crippen LogP contribution in [0.4, 0.5) is 5.13 Å². The number of aromatic amines is 2. The second kappa shape index (κ2) is 8.10. The van der Waals surface area contributed by atoms with Crippen LogP contribution in [-0.2, 0) is 9.53 Å². The fourth-order valence-electron chi connectivity index (χ4n) is 2.04. The fraction of sp³-hybridized carbons (Fsp3) is 0.0625. The van der Waals surface area contributed by atoms with E-state index in [1.165, 1.54) is 11.3 Å². The first kappa shape index (κ1) is 18.7. The van der Waals surface area contributed by atoms with Crippen molar-refractivity contribution < 1.29 is 14.3 Å². The number of nitrogens with zero attached hydrogens (tertiary/aromatic N) is 1. The molecule has 0 unspecified atom stereocenters. The number of benzene rings is 1. The van der Waals surface area contributed by atoms with Crippen molar-refractivity contribution in [2.45, 2.75) is 0 Å². The van der Waals surface area contributed by atoms with Crippen LogP contribution in [0.2, 0.25) is 0 Å². The molecule has 3 N–H and O–H groups in total. The molecule has 0 atom stereocenters. The van der Waals surface area contributed by atoms with Crippen LogP contribution in [0.3, 0.4) is 0 Å². The summed E-state index contributed by atoms with van der Waals surface area (Å²) in [6, 6.07) is 7.54. The SMILES string of the molecule is O=C(COC(=O)c1c[nH]c(=O)[nH]c1=O)Nc1nc(-c2cccc(Br)c2)cs1. The van der Waals surface area contributed by atoms with Crippen molar-refractivity contribution in [3.05, 3.63) is 66.7 Å². The maximum atomic E-state index is 11.9. The summed E-state index contributed by atoms with van der Waals surface area (Å²) in [5.41, 5.74) is -0.492. The quantitative estimate of drug-likeness (QED) is 0.506. The smallest absolute Gasteiger partial charge is 0.345 e. The topological polar surface area (TPSA) is 134 Å². The molecule has 138 valence electrons. The number of esters is 1. The third kappa shape index (κ3) is 4.77. The number of H-pyrrole nitrogens is 2. The number of amides is 1. The van der Waals surface area contributed by atoms with Crippen molar-refractivity contribution in [1.29, 1.82) is 0 Å². The van der Waals surface area contributed by atoms with E-state index < -0.39 is 35.3 Å². The largest absolute Gasteiger partial charge is 0.452 e. The lowest BCUT2D eigenvalue weighted by Gasteiger charge is -2.04. The van der Waals surface area contributed by atoms with Gasteiger partial charge in [-0.3, -0.25) is 19.9 Å². The van der Waals surface area contributed by atoms with Gasteiger partial charge in [0.05, 0.1) is 5.69 Å². The molecule has 3 aromatic rings. The highest BCUT2D eigenvalue weighted by Crippen LogP contribution is 2.26. The molecule has 0 spiro atoms. The Kier molecular flexibility index (Phi) is 5.62. The van der Waals surface area contributed by atoms with Crippen molar-refractivity contribution in [2.75, 3.05) is 11.9 Å². The molecule has 1 aromatic carbocycles. The molecule has 2 aromatic heterocycles. The zero-order valence-electron chi connectivity index (χ0n) is 13.4. The van der Waals surface area contributed by atoms with Gasteiger partial charge in [0.25, 0.3) is 11.5 Å². The molecule has 0 aliphatic heterocycles. The third-order valence-corrected chi connectivity index (χ3v) is 4.50. The molecule has 1 amide bonds. The van der Waals surface area contributed by atoms with Crippen molar-refractivity contribution in [1.82, 2.24) is 15.0 Å². The molecule has 0 saturated carbocycles. The van der Waals surface area contributed by atoms with E-state index in [4.69, 9.17) is 4.74 Å². The summed E-state index contributed by atoms with van der Waals surface area (Å²) in [7, 11) is 0. The number of hydrogen-bond donors (Lipinski definition) is 3. The fourth-order valence-corrected chi connectivity index (χ4v) is 3.17. The minimum absolute atomic E-state index is 0.341. The van der Waals surface area contributed by atoms with Gasteiger partial charge in [-0.25, -0.2) is 14.6 Å². The Morgan fingerprint density at radius 3 is 2.85 bits per heavy atom. The van der Waals surface area contributed by atoms with Crippen molar-refractivity contribution in [2.24, 2.45) is 0 Å². The molecule has 2 heterocycles. The van der Waals surface area contributed by atoms with Gasteiger partial charge in [-0.15, -0.1) is 11.3 Å². The summed E-state index contributed by atoms with van der Waals surface area (Å²) in [6.07, 6.45) is 0.923. The Hall–Kier alpha value is -3.05. The van der Waals surface area contributed by atoms with Crippen LogP contribution < -0.4 is 16.6 Å². The molecule has 27 heavy (non-hydrogen) atoms. The predicted molar refractivity (Wildman–Crippen MR) is 102 cm³/mol. The van der Waals surface area contributed by atoms with Gasteiger partial charge in [-0.05, 0) is 12.1 Å². The normalized spacial score (nSPS) is 10.4. The van der Waals surface area contributed by atoms with Gasteiger partial charge < -0.3 is 9.72 Å². The number of nitrogens with one attached hydrogen (secondary N) is 3. The summed E-state index contributed by atoms with van der Waals surface area (Å²) < 4.78 is 5.67. The van der Waals surface area contributed by atoms with Crippen LogP contribution in [0.25, 0.3) is 11.3 Å². The first-order chi connectivity index (χ1) is 12.9. The highest BCUT2D eigenvalue weighted by Gasteiger charge is 2.15. The zero-order valence-corrected chi connectivity index (χ0v) is 15.8. The van der Waals surface area contributed by atoms with Gasteiger partial charge in [-0.1, -0.05) is 28.1 Å². The van der Waals surface area contributed by atoms with Gasteiger partial charge in [0.15, 0.2) is 11.7 Å². The second-order valence-corrected chi connectivity index (χ2v) is 6.93. The Labute approximate surface area is 163 Å². The standard InChI is InChI=1S/C16H11BrN4O5S/c17-9-3-1-2-8(4-9)11-7-27-16(19-11)20-12(22)6-26-14(24)10-5-18-15(25)21-13(10)23/h1-5,7H,6H2,(H,19,20,22)(H2,18,21,23,25). The van der Waals surface area contributed by atoms with Crippen molar-refractivity contribution >= 4 is 44.3 Å². The van der Waals surface area contributed by atoms with Crippen molar-refractivity contribution in [3.63, 3.8) is 0 Å². The van der Waals surface area contributed by atoms with Crippen LogP contribution in [0.15, 0.2) is 49.9 Å². The van der Waals surface area contributed by atoms with E-state index >= 15 is 0 Å². The summed E-state index contributed by atoms with van der Waals surface area (Å²) >= 11 is 4.60. The van der Waals surface area contributed by atoms with E-state index in [9.17, 15) is 19.2 Å². The lowest BCUT2D eigenvalue weighted by Crippen LogP contribution is -2.29.